The molecule has 0 aliphatic carbocycles. The summed E-state index contributed by atoms with van der Waals surface area (Å²) in [7, 11) is 0. The van der Waals surface area contributed by atoms with Gasteiger partial charge in [-0.1, -0.05) is 67.9 Å². The Balaban J connectivity index is 1.73. The summed E-state index contributed by atoms with van der Waals surface area (Å²) in [6, 6.07) is 22.1. The fraction of sp³-hybridized carbons (Fsp3) is 0.250. The first-order valence-corrected chi connectivity index (χ1v) is 10.1. The molecule has 0 amide bonds. The van der Waals surface area contributed by atoms with Crippen molar-refractivity contribution in [3.05, 3.63) is 88.4 Å². The fourth-order valence-electron chi connectivity index (χ4n) is 3.89. The summed E-state index contributed by atoms with van der Waals surface area (Å²) in [5, 5.41) is 17.9. The molecule has 0 saturated heterocycles. The number of phenolic OH excluding ortho intramolecular Hbond substituents is 1. The van der Waals surface area contributed by atoms with Crippen LogP contribution < -0.4 is 10.6 Å². The molecule has 3 aromatic carbocycles. The highest BCUT2D eigenvalue weighted by Crippen LogP contribution is 2.43. The first-order valence-electron chi connectivity index (χ1n) is 9.67. The maximum Gasteiger partial charge on any atom is 0.139 e. The smallest absolute Gasteiger partial charge is 0.139 e. The van der Waals surface area contributed by atoms with Crippen molar-refractivity contribution in [1.29, 1.82) is 0 Å². The lowest BCUT2D eigenvalue weighted by Crippen LogP contribution is -2.41. The predicted molar refractivity (Wildman–Crippen MR) is 117 cm³/mol. The van der Waals surface area contributed by atoms with E-state index in [-0.39, 0.29) is 5.75 Å². The number of anilines is 2. The number of rotatable bonds is 5. The molecule has 144 valence electrons. The van der Waals surface area contributed by atoms with Crippen LogP contribution in [0, 0.1) is 5.92 Å². The first kappa shape index (κ1) is 18.7. The Labute approximate surface area is 171 Å². The van der Waals surface area contributed by atoms with E-state index in [0.717, 1.165) is 33.9 Å². The van der Waals surface area contributed by atoms with E-state index in [9.17, 15) is 5.11 Å². The number of phenols is 1. The molecule has 3 N–H and O–H groups in total. The molecule has 3 aromatic rings. The van der Waals surface area contributed by atoms with Crippen molar-refractivity contribution >= 4 is 23.0 Å². The molecule has 0 aromatic heterocycles. The lowest BCUT2D eigenvalue weighted by molar-refractivity contribution is 0.475. The van der Waals surface area contributed by atoms with Crippen LogP contribution in [-0.4, -0.2) is 5.11 Å². The third kappa shape index (κ3) is 3.67. The van der Waals surface area contributed by atoms with Gasteiger partial charge >= 0.3 is 0 Å². The standard InChI is InChI=1S/C24H25ClN2O/c1-16(2)13-17-7-9-19(10-8-17)24(15-18-5-3-4-6-21(18)25)26-22-12-11-20(28)14-23(22)27-24/h3-12,14,16,26-28H,13,15H2,1-2H3. The van der Waals surface area contributed by atoms with Gasteiger partial charge in [0, 0.05) is 17.5 Å². The van der Waals surface area contributed by atoms with Crippen molar-refractivity contribution in [3.8, 4) is 5.75 Å². The lowest BCUT2D eigenvalue weighted by Gasteiger charge is -2.32. The van der Waals surface area contributed by atoms with Crippen LogP contribution in [0.2, 0.25) is 5.02 Å². The van der Waals surface area contributed by atoms with Crippen molar-refractivity contribution < 1.29 is 5.11 Å². The van der Waals surface area contributed by atoms with Crippen molar-refractivity contribution in [2.75, 3.05) is 10.6 Å². The van der Waals surface area contributed by atoms with Gasteiger partial charge in [-0.05, 0) is 47.2 Å². The van der Waals surface area contributed by atoms with Crippen LogP contribution in [0.5, 0.6) is 5.75 Å². The second-order valence-electron chi connectivity index (χ2n) is 7.95. The Bertz CT molecular complexity index is 984. The molecule has 3 nitrogen and oxygen atoms in total. The summed E-state index contributed by atoms with van der Waals surface area (Å²) in [6.07, 6.45) is 1.73. The monoisotopic (exact) mass is 392 g/mol. The van der Waals surface area contributed by atoms with Gasteiger partial charge in [-0.15, -0.1) is 0 Å². The van der Waals surface area contributed by atoms with Crippen LogP contribution in [0.4, 0.5) is 11.4 Å². The van der Waals surface area contributed by atoms with Crippen molar-refractivity contribution in [1.82, 2.24) is 0 Å². The molecule has 0 bridgehead atoms. The summed E-state index contributed by atoms with van der Waals surface area (Å²) in [6.45, 7) is 4.46. The summed E-state index contributed by atoms with van der Waals surface area (Å²) in [4.78, 5) is 0. The molecule has 4 heteroatoms. The van der Waals surface area contributed by atoms with Crippen LogP contribution in [0.3, 0.4) is 0 Å². The molecule has 1 atom stereocenters. The van der Waals surface area contributed by atoms with Gasteiger partial charge in [0.2, 0.25) is 0 Å². The zero-order chi connectivity index (χ0) is 19.7. The third-order valence-electron chi connectivity index (χ3n) is 5.20. The normalized spacial score (nSPS) is 17.9. The second-order valence-corrected chi connectivity index (χ2v) is 8.36. The van der Waals surface area contributed by atoms with Crippen molar-refractivity contribution in [2.24, 2.45) is 5.92 Å². The number of aromatic hydroxyl groups is 1. The summed E-state index contributed by atoms with van der Waals surface area (Å²) >= 11 is 6.48. The van der Waals surface area contributed by atoms with Crippen LogP contribution in [-0.2, 0) is 18.5 Å². The number of fused-ring (bicyclic) bond motifs is 1. The van der Waals surface area contributed by atoms with Gasteiger partial charge in [0.15, 0.2) is 0 Å². The van der Waals surface area contributed by atoms with Crippen molar-refractivity contribution in [3.63, 3.8) is 0 Å². The molecule has 1 aliphatic rings. The molecule has 4 rings (SSSR count). The number of nitrogens with one attached hydrogen (secondary N) is 2. The molecule has 1 heterocycles. The van der Waals surface area contributed by atoms with Gasteiger partial charge in [-0.25, -0.2) is 0 Å². The van der Waals surface area contributed by atoms with E-state index in [1.807, 2.05) is 24.3 Å². The Morgan fingerprint density at radius 1 is 0.929 bits per heavy atom. The minimum absolute atomic E-state index is 0.244. The van der Waals surface area contributed by atoms with Crippen LogP contribution in [0.15, 0.2) is 66.7 Å². The zero-order valence-corrected chi connectivity index (χ0v) is 16.9. The van der Waals surface area contributed by atoms with Gasteiger partial charge in [0.05, 0.1) is 11.4 Å². The second kappa shape index (κ2) is 7.40. The Morgan fingerprint density at radius 2 is 1.64 bits per heavy atom. The number of hydrogen-bond acceptors (Lipinski definition) is 3. The molecule has 0 radical (unpaired) electrons. The van der Waals surface area contributed by atoms with E-state index in [4.69, 9.17) is 11.6 Å². The van der Waals surface area contributed by atoms with Gasteiger partial charge in [0.1, 0.15) is 11.4 Å². The topological polar surface area (TPSA) is 44.3 Å². The predicted octanol–water partition coefficient (Wildman–Crippen LogP) is 6.18. The van der Waals surface area contributed by atoms with E-state index < -0.39 is 5.66 Å². The zero-order valence-electron chi connectivity index (χ0n) is 16.2. The minimum atomic E-state index is -0.530. The third-order valence-corrected chi connectivity index (χ3v) is 5.57. The van der Waals surface area contributed by atoms with Crippen LogP contribution in [0.1, 0.15) is 30.5 Å². The average molecular weight is 393 g/mol. The van der Waals surface area contributed by atoms with E-state index in [0.29, 0.717) is 12.3 Å². The van der Waals surface area contributed by atoms with E-state index >= 15 is 0 Å². The van der Waals surface area contributed by atoms with E-state index in [1.54, 1.807) is 12.1 Å². The van der Waals surface area contributed by atoms with E-state index in [2.05, 4.69) is 54.8 Å². The molecular formula is C24H25ClN2O. The highest BCUT2D eigenvalue weighted by atomic mass is 35.5. The van der Waals surface area contributed by atoms with Crippen LogP contribution >= 0.6 is 11.6 Å². The fourth-order valence-corrected chi connectivity index (χ4v) is 4.10. The first-order chi connectivity index (χ1) is 13.4. The van der Waals surface area contributed by atoms with Crippen LogP contribution in [0.25, 0.3) is 0 Å². The summed E-state index contributed by atoms with van der Waals surface area (Å²) < 4.78 is 0. The largest absolute Gasteiger partial charge is 0.508 e. The van der Waals surface area contributed by atoms with Gasteiger partial charge in [-0.3, -0.25) is 0 Å². The highest BCUT2D eigenvalue weighted by Gasteiger charge is 2.38. The molecule has 0 saturated carbocycles. The maximum absolute atomic E-state index is 9.90. The average Bonchev–Trinajstić information content (AvgIpc) is 3.02. The van der Waals surface area contributed by atoms with Gasteiger partial charge in [-0.2, -0.15) is 0 Å². The van der Waals surface area contributed by atoms with Crippen molar-refractivity contribution in [2.45, 2.75) is 32.4 Å². The molecule has 0 fully saturated rings. The minimum Gasteiger partial charge on any atom is -0.508 e. The molecule has 0 spiro atoms. The number of halogens is 1. The quantitative estimate of drug-likeness (QED) is 0.454. The maximum atomic E-state index is 9.90. The molecular weight excluding hydrogens is 368 g/mol. The highest BCUT2D eigenvalue weighted by molar-refractivity contribution is 6.31. The Hall–Kier alpha value is -2.65. The van der Waals surface area contributed by atoms with E-state index in [1.165, 1.54) is 5.56 Å². The molecule has 1 unspecified atom stereocenters. The Morgan fingerprint density at radius 3 is 2.36 bits per heavy atom. The Kier molecular flexibility index (Phi) is 4.94. The summed E-state index contributed by atoms with van der Waals surface area (Å²) in [5.74, 6) is 0.867. The molecule has 28 heavy (non-hydrogen) atoms. The molecule has 1 aliphatic heterocycles. The SMILES string of the molecule is CC(C)Cc1ccc(C2(Cc3ccccc3Cl)Nc3ccc(O)cc3N2)cc1. The van der Waals surface area contributed by atoms with Gasteiger partial charge in [0.25, 0.3) is 0 Å². The number of hydrogen-bond donors (Lipinski definition) is 3. The number of benzene rings is 3. The van der Waals surface area contributed by atoms with Gasteiger partial charge < -0.3 is 15.7 Å². The lowest BCUT2D eigenvalue weighted by atomic mass is 9.90. The summed E-state index contributed by atoms with van der Waals surface area (Å²) in [5.41, 5.74) is 4.86.